The van der Waals surface area contributed by atoms with Gasteiger partial charge in [-0.05, 0) is 80.9 Å². The minimum Gasteiger partial charge on any atom is -0.468 e. The van der Waals surface area contributed by atoms with Gasteiger partial charge in [-0.2, -0.15) is 0 Å². The fraction of sp³-hybridized carbons (Fsp3) is 0.593. The number of hydrogen-bond acceptors (Lipinski definition) is 4. The molecule has 174 valence electrons. The second-order valence-electron chi connectivity index (χ2n) is 10.1. The van der Waals surface area contributed by atoms with Crippen molar-refractivity contribution in [2.45, 2.75) is 65.1 Å². The monoisotopic (exact) mass is 437 g/mol. The van der Waals surface area contributed by atoms with Gasteiger partial charge in [0.2, 0.25) is 5.91 Å². The zero-order chi connectivity index (χ0) is 22.3. The Morgan fingerprint density at radius 3 is 2.44 bits per heavy atom. The van der Waals surface area contributed by atoms with Crippen molar-refractivity contribution in [1.82, 2.24) is 15.1 Å². The van der Waals surface area contributed by atoms with Crippen LogP contribution in [0.2, 0.25) is 0 Å². The Hall–Kier alpha value is -2.11. The van der Waals surface area contributed by atoms with Crippen molar-refractivity contribution in [2.24, 2.45) is 11.8 Å². The van der Waals surface area contributed by atoms with Gasteiger partial charge in [0.05, 0.1) is 12.8 Å². The first-order valence-corrected chi connectivity index (χ1v) is 12.4. The number of carbonyl (C=O) groups is 1. The molecule has 5 nitrogen and oxygen atoms in total. The number of benzene rings is 1. The summed E-state index contributed by atoms with van der Waals surface area (Å²) in [6, 6.07) is 13.3. The zero-order valence-electron chi connectivity index (χ0n) is 19.8. The van der Waals surface area contributed by atoms with E-state index in [4.69, 9.17) is 4.42 Å². The molecule has 1 atom stereocenters. The fourth-order valence-corrected chi connectivity index (χ4v) is 5.12. The quantitative estimate of drug-likeness (QED) is 0.662. The molecule has 0 aliphatic carbocycles. The molecule has 1 aromatic carbocycles. The first-order chi connectivity index (χ1) is 15.5. The summed E-state index contributed by atoms with van der Waals surface area (Å²) in [7, 11) is 0. The SMILES string of the molecule is CC(C)Cc1ccc(CN2CCC[C@H](NC(=O)C3CCN(Cc4ccco4)CC3)C2)cc1. The van der Waals surface area contributed by atoms with Crippen molar-refractivity contribution in [1.29, 1.82) is 0 Å². The molecule has 0 radical (unpaired) electrons. The first kappa shape index (κ1) is 23.1. The largest absolute Gasteiger partial charge is 0.468 e. The molecule has 0 saturated carbocycles. The summed E-state index contributed by atoms with van der Waals surface area (Å²) in [5.41, 5.74) is 2.79. The average Bonchev–Trinajstić information content (AvgIpc) is 3.29. The standard InChI is InChI=1S/C27H39N3O2/c1-21(2)17-22-7-9-23(10-8-22)18-30-13-3-5-25(19-30)28-27(31)24-11-14-29(15-12-24)20-26-6-4-16-32-26/h4,6-10,16,21,24-25H,3,5,11-15,17-20H2,1-2H3,(H,28,31)/t25-/m0/s1. The number of piperidine rings is 2. The third-order valence-corrected chi connectivity index (χ3v) is 6.84. The van der Waals surface area contributed by atoms with Gasteiger partial charge in [0.25, 0.3) is 0 Å². The van der Waals surface area contributed by atoms with E-state index in [9.17, 15) is 4.79 Å². The minimum atomic E-state index is 0.145. The highest BCUT2D eigenvalue weighted by Crippen LogP contribution is 2.21. The van der Waals surface area contributed by atoms with Crippen molar-refractivity contribution in [2.75, 3.05) is 26.2 Å². The maximum absolute atomic E-state index is 12.9. The molecule has 1 amide bonds. The van der Waals surface area contributed by atoms with E-state index in [0.29, 0.717) is 5.92 Å². The molecule has 2 fully saturated rings. The lowest BCUT2D eigenvalue weighted by atomic mass is 9.94. The van der Waals surface area contributed by atoms with Crippen molar-refractivity contribution in [3.8, 4) is 0 Å². The molecule has 2 aliphatic heterocycles. The van der Waals surface area contributed by atoms with Crippen molar-refractivity contribution in [3.05, 3.63) is 59.5 Å². The number of hydrogen-bond donors (Lipinski definition) is 1. The molecule has 32 heavy (non-hydrogen) atoms. The molecular weight excluding hydrogens is 398 g/mol. The Kier molecular flexibility index (Phi) is 8.04. The Balaban J connectivity index is 1.20. The third-order valence-electron chi connectivity index (χ3n) is 6.84. The van der Waals surface area contributed by atoms with Crippen LogP contribution in [0.25, 0.3) is 0 Å². The molecule has 0 spiro atoms. The molecular formula is C27H39N3O2. The lowest BCUT2D eigenvalue weighted by Crippen LogP contribution is -2.50. The Morgan fingerprint density at radius 2 is 1.75 bits per heavy atom. The van der Waals surface area contributed by atoms with Crippen molar-refractivity contribution in [3.63, 3.8) is 0 Å². The van der Waals surface area contributed by atoms with Gasteiger partial charge >= 0.3 is 0 Å². The maximum atomic E-state index is 12.9. The lowest BCUT2D eigenvalue weighted by molar-refractivity contribution is -0.127. The summed E-state index contributed by atoms with van der Waals surface area (Å²) < 4.78 is 5.46. The van der Waals surface area contributed by atoms with Gasteiger partial charge in [-0.25, -0.2) is 0 Å². The molecule has 1 N–H and O–H groups in total. The average molecular weight is 438 g/mol. The third kappa shape index (κ3) is 6.69. The van der Waals surface area contributed by atoms with E-state index in [0.717, 1.165) is 77.1 Å². The number of rotatable bonds is 8. The van der Waals surface area contributed by atoms with Gasteiger partial charge in [0, 0.05) is 25.0 Å². The first-order valence-electron chi connectivity index (χ1n) is 12.4. The van der Waals surface area contributed by atoms with Gasteiger partial charge in [0.15, 0.2) is 0 Å². The smallest absolute Gasteiger partial charge is 0.223 e. The number of likely N-dealkylation sites (tertiary alicyclic amines) is 2. The summed E-state index contributed by atoms with van der Waals surface area (Å²) in [5, 5.41) is 3.38. The van der Waals surface area contributed by atoms with Crippen LogP contribution in [-0.2, 0) is 24.3 Å². The second kappa shape index (κ2) is 11.2. The predicted molar refractivity (Wildman–Crippen MR) is 128 cm³/mol. The van der Waals surface area contributed by atoms with Crippen LogP contribution in [0.3, 0.4) is 0 Å². The highest BCUT2D eigenvalue weighted by molar-refractivity contribution is 5.79. The van der Waals surface area contributed by atoms with Crippen LogP contribution in [0.1, 0.15) is 56.4 Å². The van der Waals surface area contributed by atoms with E-state index in [2.05, 4.69) is 53.2 Å². The van der Waals surface area contributed by atoms with Crippen LogP contribution in [0.5, 0.6) is 0 Å². The van der Waals surface area contributed by atoms with E-state index in [1.165, 1.54) is 11.1 Å². The van der Waals surface area contributed by atoms with Crippen molar-refractivity contribution >= 4 is 5.91 Å². The van der Waals surface area contributed by atoms with Crippen LogP contribution in [0.15, 0.2) is 47.1 Å². The van der Waals surface area contributed by atoms with Crippen molar-refractivity contribution < 1.29 is 9.21 Å². The maximum Gasteiger partial charge on any atom is 0.223 e. The molecule has 2 aliphatic rings. The number of furan rings is 1. The van der Waals surface area contributed by atoms with Crippen LogP contribution in [-0.4, -0.2) is 47.9 Å². The summed E-state index contributed by atoms with van der Waals surface area (Å²) >= 11 is 0. The number of nitrogens with zero attached hydrogens (tertiary/aromatic N) is 2. The molecule has 0 unspecified atom stereocenters. The van der Waals surface area contributed by atoms with Crippen LogP contribution in [0.4, 0.5) is 0 Å². The van der Waals surface area contributed by atoms with Gasteiger partial charge in [0.1, 0.15) is 5.76 Å². The Bertz CT molecular complexity index is 823. The number of carbonyl (C=O) groups excluding carboxylic acids is 1. The lowest BCUT2D eigenvalue weighted by Gasteiger charge is -2.35. The summed E-state index contributed by atoms with van der Waals surface area (Å²) in [6.45, 7) is 10.3. The van der Waals surface area contributed by atoms with E-state index in [-0.39, 0.29) is 17.9 Å². The molecule has 2 aromatic rings. The Morgan fingerprint density at radius 1 is 1.00 bits per heavy atom. The molecule has 4 rings (SSSR count). The van der Waals surface area contributed by atoms with Gasteiger partial charge in [-0.15, -0.1) is 0 Å². The van der Waals surface area contributed by atoms with Gasteiger partial charge < -0.3 is 9.73 Å². The Labute approximate surface area is 193 Å². The minimum absolute atomic E-state index is 0.145. The molecule has 3 heterocycles. The highest BCUT2D eigenvalue weighted by Gasteiger charge is 2.28. The molecule has 5 heteroatoms. The van der Waals surface area contributed by atoms with Gasteiger partial charge in [-0.3, -0.25) is 14.6 Å². The topological polar surface area (TPSA) is 48.7 Å². The summed E-state index contributed by atoms with van der Waals surface area (Å²) in [4.78, 5) is 17.8. The number of amides is 1. The normalized spacial score (nSPS) is 21.2. The number of nitrogens with one attached hydrogen (secondary N) is 1. The van der Waals surface area contributed by atoms with Crippen LogP contribution < -0.4 is 5.32 Å². The van der Waals surface area contributed by atoms with E-state index >= 15 is 0 Å². The summed E-state index contributed by atoms with van der Waals surface area (Å²) in [6.07, 6.45) is 6.98. The van der Waals surface area contributed by atoms with E-state index < -0.39 is 0 Å². The second-order valence-corrected chi connectivity index (χ2v) is 10.1. The molecule has 2 saturated heterocycles. The predicted octanol–water partition coefficient (Wildman–Crippen LogP) is 4.47. The van der Waals surface area contributed by atoms with Crippen LogP contribution >= 0.6 is 0 Å². The van der Waals surface area contributed by atoms with E-state index in [1.807, 2.05) is 12.1 Å². The highest BCUT2D eigenvalue weighted by atomic mass is 16.3. The van der Waals surface area contributed by atoms with E-state index in [1.54, 1.807) is 6.26 Å². The molecule has 1 aromatic heterocycles. The zero-order valence-corrected chi connectivity index (χ0v) is 19.8. The summed E-state index contributed by atoms with van der Waals surface area (Å²) in [5.74, 6) is 2.10. The molecule has 0 bridgehead atoms. The van der Waals surface area contributed by atoms with Crippen LogP contribution in [0, 0.1) is 11.8 Å². The van der Waals surface area contributed by atoms with Gasteiger partial charge in [-0.1, -0.05) is 38.1 Å². The fourth-order valence-electron chi connectivity index (χ4n) is 5.12.